The highest BCUT2D eigenvalue weighted by Crippen LogP contribution is 2.40. The van der Waals surface area contributed by atoms with Crippen LogP contribution in [-0.4, -0.2) is 59.7 Å². The molecule has 0 heterocycles. The molecule has 0 aliphatic carbocycles. The van der Waals surface area contributed by atoms with Crippen molar-refractivity contribution in [2.45, 2.75) is 43.9 Å². The Hall–Kier alpha value is -0.400. The predicted molar refractivity (Wildman–Crippen MR) is 85.1 cm³/mol. The van der Waals surface area contributed by atoms with Gasteiger partial charge in [0.25, 0.3) is 0 Å². The van der Waals surface area contributed by atoms with Crippen LogP contribution in [-0.2, 0) is 14.3 Å². The Morgan fingerprint density at radius 3 is 2.45 bits per heavy atom. The van der Waals surface area contributed by atoms with E-state index in [1.165, 1.54) is 18.9 Å². The fourth-order valence-electron chi connectivity index (χ4n) is 1.81. The number of ether oxygens (including phenoxy) is 1. The number of nitrogens with zero attached hydrogens (tertiary/aromatic N) is 1. The van der Waals surface area contributed by atoms with Crippen molar-refractivity contribution < 1.29 is 19.4 Å². The summed E-state index contributed by atoms with van der Waals surface area (Å²) in [5.41, 5.74) is 0. The van der Waals surface area contributed by atoms with Crippen LogP contribution < -0.4 is 0 Å². The summed E-state index contributed by atoms with van der Waals surface area (Å²) in [6.45, 7) is 4.18. The van der Waals surface area contributed by atoms with Gasteiger partial charge < -0.3 is 14.7 Å². The number of hydrogen-bond donors (Lipinski definition) is 1. The third-order valence-electron chi connectivity index (χ3n) is 3.44. The van der Waals surface area contributed by atoms with Crippen LogP contribution in [0, 0.1) is 0 Å². The molecule has 1 amide bonds. The maximum Gasteiger partial charge on any atom is 0.326 e. The maximum atomic E-state index is 12.1. The summed E-state index contributed by atoms with van der Waals surface area (Å²) < 4.78 is 5.18. The molecule has 0 saturated carbocycles. The van der Waals surface area contributed by atoms with Gasteiger partial charge in [-0.1, -0.05) is 28.5 Å². The molecular weight excluding hydrogens is 298 g/mol. The van der Waals surface area contributed by atoms with Crippen molar-refractivity contribution in [2.75, 3.05) is 27.0 Å². The summed E-state index contributed by atoms with van der Waals surface area (Å²) in [7, 11) is 6.58. The Balaban J connectivity index is 4.61. The minimum atomic E-state index is -0.988. The van der Waals surface area contributed by atoms with Gasteiger partial charge in [-0.3, -0.25) is 4.79 Å². The molecule has 0 fully saturated rings. The van der Waals surface area contributed by atoms with Crippen molar-refractivity contribution in [3.63, 3.8) is 0 Å². The van der Waals surface area contributed by atoms with E-state index in [4.69, 9.17) is 9.84 Å². The van der Waals surface area contributed by atoms with Gasteiger partial charge >= 0.3 is 5.97 Å². The van der Waals surface area contributed by atoms with Gasteiger partial charge in [0, 0.05) is 25.3 Å². The first-order valence-corrected chi connectivity index (χ1v) is 9.08. The van der Waals surface area contributed by atoms with Crippen molar-refractivity contribution in [1.82, 2.24) is 4.90 Å². The molecule has 0 aromatic heterocycles. The predicted octanol–water partition coefficient (Wildman–Crippen LogP) is 2.50. The van der Waals surface area contributed by atoms with Crippen LogP contribution in [0.3, 0.4) is 0 Å². The molecule has 20 heavy (non-hydrogen) atoms. The lowest BCUT2D eigenvalue weighted by atomic mass is 9.99. The first-order chi connectivity index (χ1) is 9.33. The van der Waals surface area contributed by atoms with Crippen LogP contribution in [0.4, 0.5) is 0 Å². The Kier molecular flexibility index (Phi) is 9.33. The molecule has 5 nitrogen and oxygen atoms in total. The summed E-state index contributed by atoms with van der Waals surface area (Å²) in [5.74, 6) is -1.13. The SMILES string of the molecule is CCC(CCC(=O)N(C)[C@@H](C)C(=O)O)(COC)SSC. The van der Waals surface area contributed by atoms with Crippen molar-refractivity contribution in [3.05, 3.63) is 0 Å². The molecule has 1 unspecified atom stereocenters. The number of carboxylic acid groups (broad SMARTS) is 1. The van der Waals surface area contributed by atoms with E-state index in [1.807, 2.05) is 6.26 Å². The van der Waals surface area contributed by atoms with Gasteiger partial charge in [0.1, 0.15) is 6.04 Å². The highest BCUT2D eigenvalue weighted by Gasteiger charge is 2.31. The molecule has 7 heteroatoms. The normalized spacial score (nSPS) is 15.4. The number of carboxylic acids is 1. The minimum Gasteiger partial charge on any atom is -0.480 e. The second-order valence-corrected chi connectivity index (χ2v) is 7.60. The topological polar surface area (TPSA) is 66.8 Å². The van der Waals surface area contributed by atoms with Crippen molar-refractivity contribution in [2.24, 2.45) is 0 Å². The smallest absolute Gasteiger partial charge is 0.326 e. The number of hydrogen-bond acceptors (Lipinski definition) is 5. The molecule has 118 valence electrons. The van der Waals surface area contributed by atoms with E-state index >= 15 is 0 Å². The van der Waals surface area contributed by atoms with Crippen LogP contribution >= 0.6 is 21.6 Å². The molecule has 0 bridgehead atoms. The van der Waals surface area contributed by atoms with Crippen LogP contribution in [0.15, 0.2) is 0 Å². The summed E-state index contributed by atoms with van der Waals surface area (Å²) in [5, 5.41) is 8.92. The number of amides is 1. The Bertz CT molecular complexity index is 319. The fourth-order valence-corrected chi connectivity index (χ4v) is 4.44. The second kappa shape index (κ2) is 9.52. The highest BCUT2D eigenvalue weighted by molar-refractivity contribution is 8.77. The molecule has 0 aliphatic rings. The van der Waals surface area contributed by atoms with Crippen molar-refractivity contribution >= 4 is 33.5 Å². The van der Waals surface area contributed by atoms with Crippen molar-refractivity contribution in [3.8, 4) is 0 Å². The monoisotopic (exact) mass is 323 g/mol. The van der Waals surface area contributed by atoms with E-state index in [0.29, 0.717) is 19.4 Å². The molecular formula is C13H25NO4S2. The standard InChI is InChI=1S/C13H25NO4S2/c1-6-13(9-18-4,20-19-5)8-7-11(15)14(3)10(2)12(16)17/h10H,6-9H2,1-5H3,(H,16,17)/t10-,13?/m0/s1. The van der Waals surface area contributed by atoms with E-state index in [9.17, 15) is 9.59 Å². The van der Waals surface area contributed by atoms with Crippen LogP contribution in [0.2, 0.25) is 0 Å². The summed E-state index contributed by atoms with van der Waals surface area (Å²) in [6.07, 6.45) is 3.92. The zero-order valence-electron chi connectivity index (χ0n) is 12.8. The molecule has 2 atom stereocenters. The Labute approximate surface area is 129 Å². The lowest BCUT2D eigenvalue weighted by molar-refractivity contribution is -0.148. The molecule has 0 saturated heterocycles. The van der Waals surface area contributed by atoms with Gasteiger partial charge in [-0.05, 0) is 26.0 Å². The maximum absolute atomic E-state index is 12.1. The average Bonchev–Trinajstić information content (AvgIpc) is 2.43. The van der Waals surface area contributed by atoms with Gasteiger partial charge in [0.2, 0.25) is 5.91 Å². The summed E-state index contributed by atoms with van der Waals surface area (Å²) in [4.78, 5) is 24.2. The van der Waals surface area contributed by atoms with E-state index in [0.717, 1.165) is 6.42 Å². The Morgan fingerprint density at radius 1 is 1.45 bits per heavy atom. The van der Waals surface area contributed by atoms with E-state index in [1.54, 1.807) is 28.7 Å². The first kappa shape index (κ1) is 19.6. The number of likely N-dealkylation sites (N-methyl/N-ethyl adjacent to an activating group) is 1. The largest absolute Gasteiger partial charge is 0.480 e. The minimum absolute atomic E-state index is 0.100. The zero-order valence-corrected chi connectivity index (χ0v) is 14.5. The van der Waals surface area contributed by atoms with Crippen molar-refractivity contribution in [1.29, 1.82) is 0 Å². The number of rotatable bonds is 10. The second-order valence-electron chi connectivity index (χ2n) is 4.74. The van der Waals surface area contributed by atoms with Gasteiger partial charge in [-0.15, -0.1) is 0 Å². The molecule has 0 aliphatic heterocycles. The number of aliphatic carboxylic acids is 1. The fraction of sp³-hybridized carbons (Fsp3) is 0.846. The molecule has 0 aromatic carbocycles. The lowest BCUT2D eigenvalue weighted by Crippen LogP contribution is -2.41. The van der Waals surface area contributed by atoms with Gasteiger partial charge in [0.15, 0.2) is 0 Å². The van der Waals surface area contributed by atoms with Crippen LogP contribution in [0.5, 0.6) is 0 Å². The number of carbonyl (C=O) groups excluding carboxylic acids is 1. The zero-order chi connectivity index (χ0) is 15.8. The number of carbonyl (C=O) groups is 2. The third-order valence-corrected chi connectivity index (χ3v) is 6.13. The lowest BCUT2D eigenvalue weighted by Gasteiger charge is -2.31. The first-order valence-electron chi connectivity index (χ1n) is 6.52. The van der Waals surface area contributed by atoms with Gasteiger partial charge in [-0.25, -0.2) is 4.79 Å². The Morgan fingerprint density at radius 2 is 2.05 bits per heavy atom. The van der Waals surface area contributed by atoms with Gasteiger partial charge in [-0.2, -0.15) is 0 Å². The van der Waals surface area contributed by atoms with Gasteiger partial charge in [0.05, 0.1) is 6.61 Å². The quantitative estimate of drug-likeness (QED) is 0.623. The van der Waals surface area contributed by atoms with Crippen LogP contribution in [0.1, 0.15) is 33.1 Å². The van der Waals surface area contributed by atoms with Crippen LogP contribution in [0.25, 0.3) is 0 Å². The van der Waals surface area contributed by atoms with E-state index in [2.05, 4.69) is 6.92 Å². The highest BCUT2D eigenvalue weighted by atomic mass is 33.1. The molecule has 0 spiro atoms. The molecule has 0 rings (SSSR count). The summed E-state index contributed by atoms with van der Waals surface area (Å²) >= 11 is 0. The molecule has 0 radical (unpaired) electrons. The van der Waals surface area contributed by atoms with E-state index < -0.39 is 12.0 Å². The average molecular weight is 323 g/mol. The summed E-state index contributed by atoms with van der Waals surface area (Å²) in [6, 6.07) is -0.797. The molecule has 1 N–H and O–H groups in total. The number of methoxy groups -OCH3 is 1. The molecule has 0 aromatic rings. The third kappa shape index (κ3) is 5.93. The van der Waals surface area contributed by atoms with E-state index in [-0.39, 0.29) is 10.7 Å².